The lowest BCUT2D eigenvalue weighted by Gasteiger charge is -2.13. The Morgan fingerprint density at radius 1 is 1.40 bits per heavy atom. The largest absolute Gasteiger partial charge is 0.490 e. The van der Waals surface area contributed by atoms with Gasteiger partial charge < -0.3 is 19.9 Å². The lowest BCUT2D eigenvalue weighted by molar-refractivity contribution is -0.139. The summed E-state index contributed by atoms with van der Waals surface area (Å²) in [4.78, 5) is 22.6. The second kappa shape index (κ2) is 9.55. The highest BCUT2D eigenvalue weighted by molar-refractivity contribution is 6.32. The van der Waals surface area contributed by atoms with Crippen LogP contribution < -0.4 is 14.8 Å². The summed E-state index contributed by atoms with van der Waals surface area (Å²) in [7, 11) is 0. The Morgan fingerprint density at radius 2 is 2.08 bits per heavy atom. The highest BCUT2D eigenvalue weighted by Crippen LogP contribution is 2.37. The van der Waals surface area contributed by atoms with Gasteiger partial charge in [-0.05, 0) is 44.5 Å². The summed E-state index contributed by atoms with van der Waals surface area (Å²) in [6.45, 7) is 5.03. The van der Waals surface area contributed by atoms with Crippen molar-refractivity contribution < 1.29 is 24.2 Å². The third kappa shape index (κ3) is 6.36. The Kier molecular flexibility index (Phi) is 7.76. The van der Waals surface area contributed by atoms with Crippen molar-refractivity contribution in [3.8, 4) is 17.6 Å². The predicted octanol–water partition coefficient (Wildman–Crippen LogP) is 2.63. The van der Waals surface area contributed by atoms with Crippen molar-refractivity contribution in [2.75, 3.05) is 13.2 Å². The molecule has 0 aliphatic carbocycles. The van der Waals surface area contributed by atoms with Gasteiger partial charge >= 0.3 is 5.97 Å². The van der Waals surface area contributed by atoms with Crippen LogP contribution in [0.15, 0.2) is 17.7 Å². The number of ether oxygens (including phenoxy) is 2. The second-order valence-electron chi connectivity index (χ2n) is 5.24. The van der Waals surface area contributed by atoms with Crippen LogP contribution in [0.2, 0.25) is 5.02 Å². The fourth-order valence-electron chi connectivity index (χ4n) is 1.86. The van der Waals surface area contributed by atoms with Gasteiger partial charge in [-0.3, -0.25) is 4.79 Å². The SMILES string of the molecule is CCOc1cc(C=C(C#N)C(=O)NC(C)C)cc(Cl)c1OCC(=O)O. The molecule has 0 radical (unpaired) electrons. The first-order valence-electron chi connectivity index (χ1n) is 7.52. The lowest BCUT2D eigenvalue weighted by Crippen LogP contribution is -2.30. The van der Waals surface area contributed by atoms with E-state index in [-0.39, 0.29) is 28.1 Å². The topological polar surface area (TPSA) is 109 Å². The van der Waals surface area contributed by atoms with Crippen molar-refractivity contribution in [1.29, 1.82) is 5.26 Å². The minimum Gasteiger partial charge on any atom is -0.490 e. The monoisotopic (exact) mass is 366 g/mol. The van der Waals surface area contributed by atoms with Crippen LogP contribution in [-0.4, -0.2) is 36.2 Å². The molecule has 25 heavy (non-hydrogen) atoms. The molecule has 1 aromatic carbocycles. The summed E-state index contributed by atoms with van der Waals surface area (Å²) in [6, 6.07) is 4.71. The van der Waals surface area contributed by atoms with Gasteiger partial charge in [-0.2, -0.15) is 5.26 Å². The number of hydrogen-bond acceptors (Lipinski definition) is 5. The van der Waals surface area contributed by atoms with E-state index >= 15 is 0 Å². The predicted molar refractivity (Wildman–Crippen MR) is 92.6 cm³/mol. The molecule has 1 amide bonds. The van der Waals surface area contributed by atoms with Crippen molar-refractivity contribution >= 4 is 29.6 Å². The number of rotatable bonds is 8. The van der Waals surface area contributed by atoms with E-state index in [4.69, 9.17) is 26.2 Å². The zero-order chi connectivity index (χ0) is 19.0. The molecule has 0 spiro atoms. The number of benzene rings is 1. The maximum atomic E-state index is 12.0. The highest BCUT2D eigenvalue weighted by Gasteiger charge is 2.15. The van der Waals surface area contributed by atoms with Gasteiger partial charge in [0.2, 0.25) is 0 Å². The Morgan fingerprint density at radius 3 is 2.60 bits per heavy atom. The van der Waals surface area contributed by atoms with Crippen LogP contribution in [0.5, 0.6) is 11.5 Å². The number of aliphatic carboxylic acids is 1. The van der Waals surface area contributed by atoms with Crippen LogP contribution in [0.3, 0.4) is 0 Å². The molecule has 8 heteroatoms. The first-order chi connectivity index (χ1) is 11.8. The van der Waals surface area contributed by atoms with Gasteiger partial charge in [0.1, 0.15) is 11.6 Å². The molecule has 0 heterocycles. The summed E-state index contributed by atoms with van der Waals surface area (Å²) in [5, 5.41) is 20.6. The van der Waals surface area contributed by atoms with E-state index in [1.807, 2.05) is 6.07 Å². The van der Waals surface area contributed by atoms with Gasteiger partial charge in [0.25, 0.3) is 5.91 Å². The van der Waals surface area contributed by atoms with Crippen LogP contribution in [-0.2, 0) is 9.59 Å². The first kappa shape index (κ1) is 20.3. The number of nitrogens with one attached hydrogen (secondary N) is 1. The number of nitrogens with zero attached hydrogens (tertiary/aromatic N) is 1. The van der Waals surface area contributed by atoms with E-state index in [0.717, 1.165) is 0 Å². The van der Waals surface area contributed by atoms with Crippen LogP contribution in [0, 0.1) is 11.3 Å². The summed E-state index contributed by atoms with van der Waals surface area (Å²) < 4.78 is 10.6. The maximum absolute atomic E-state index is 12.0. The van der Waals surface area contributed by atoms with E-state index in [1.54, 1.807) is 20.8 Å². The van der Waals surface area contributed by atoms with Gasteiger partial charge in [-0.15, -0.1) is 0 Å². The average Bonchev–Trinajstić information content (AvgIpc) is 2.51. The van der Waals surface area contributed by atoms with Crippen molar-refractivity contribution in [3.63, 3.8) is 0 Å². The zero-order valence-corrected chi connectivity index (χ0v) is 14.9. The molecule has 0 aliphatic rings. The minimum absolute atomic E-state index is 0.0909. The number of nitriles is 1. The molecule has 0 bridgehead atoms. The molecule has 0 atom stereocenters. The number of carboxylic acids is 1. The van der Waals surface area contributed by atoms with Gasteiger partial charge in [0, 0.05) is 6.04 Å². The number of amides is 1. The molecule has 2 N–H and O–H groups in total. The van der Waals surface area contributed by atoms with Gasteiger partial charge in [0.05, 0.1) is 11.6 Å². The molecule has 0 aliphatic heterocycles. The molecule has 1 rings (SSSR count). The standard InChI is InChI=1S/C17H19ClN2O5/c1-4-24-14-7-11(5-12(8-19)17(23)20-10(2)3)6-13(18)16(14)25-9-15(21)22/h5-7,10H,4,9H2,1-3H3,(H,20,23)(H,21,22). The van der Waals surface area contributed by atoms with Crippen LogP contribution in [0.1, 0.15) is 26.3 Å². The Bertz CT molecular complexity index is 722. The molecule has 0 aromatic heterocycles. The molecular formula is C17H19ClN2O5. The third-order valence-electron chi connectivity index (χ3n) is 2.77. The molecule has 7 nitrogen and oxygen atoms in total. The zero-order valence-electron chi connectivity index (χ0n) is 14.1. The number of halogens is 1. The van der Waals surface area contributed by atoms with Crippen LogP contribution >= 0.6 is 11.6 Å². The van der Waals surface area contributed by atoms with Crippen molar-refractivity contribution in [2.45, 2.75) is 26.8 Å². The van der Waals surface area contributed by atoms with E-state index in [0.29, 0.717) is 12.2 Å². The third-order valence-corrected chi connectivity index (χ3v) is 3.05. The van der Waals surface area contributed by atoms with Gasteiger partial charge in [0.15, 0.2) is 18.1 Å². The van der Waals surface area contributed by atoms with E-state index in [1.165, 1.54) is 18.2 Å². The van der Waals surface area contributed by atoms with Crippen molar-refractivity contribution in [3.05, 3.63) is 28.3 Å². The molecule has 1 aromatic rings. The van der Waals surface area contributed by atoms with Gasteiger partial charge in [-0.25, -0.2) is 4.79 Å². The van der Waals surface area contributed by atoms with Crippen molar-refractivity contribution in [1.82, 2.24) is 5.32 Å². The molecule has 0 saturated carbocycles. The number of hydrogen-bond donors (Lipinski definition) is 2. The second-order valence-corrected chi connectivity index (χ2v) is 5.65. The molecule has 134 valence electrons. The number of carboxylic acid groups (broad SMARTS) is 1. The highest BCUT2D eigenvalue weighted by atomic mass is 35.5. The summed E-state index contributed by atoms with van der Waals surface area (Å²) >= 11 is 6.13. The summed E-state index contributed by atoms with van der Waals surface area (Å²) in [6.07, 6.45) is 1.37. The maximum Gasteiger partial charge on any atom is 0.341 e. The Labute approximate surface area is 150 Å². The average molecular weight is 367 g/mol. The molecule has 0 unspecified atom stereocenters. The van der Waals surface area contributed by atoms with E-state index in [9.17, 15) is 14.9 Å². The van der Waals surface area contributed by atoms with Crippen molar-refractivity contribution in [2.24, 2.45) is 0 Å². The fourth-order valence-corrected chi connectivity index (χ4v) is 2.14. The first-order valence-corrected chi connectivity index (χ1v) is 7.89. The van der Waals surface area contributed by atoms with Crippen LogP contribution in [0.4, 0.5) is 0 Å². The Balaban J connectivity index is 3.24. The summed E-state index contributed by atoms with van der Waals surface area (Å²) in [5.74, 6) is -1.34. The molecule has 0 fully saturated rings. The van der Waals surface area contributed by atoms with E-state index < -0.39 is 18.5 Å². The normalized spacial score (nSPS) is 11.0. The Hall–Kier alpha value is -2.72. The smallest absolute Gasteiger partial charge is 0.341 e. The fraction of sp³-hybridized carbons (Fsp3) is 0.353. The number of carbonyl (C=O) groups excluding carboxylic acids is 1. The van der Waals surface area contributed by atoms with E-state index in [2.05, 4.69) is 5.32 Å². The molecule has 0 saturated heterocycles. The number of carbonyl (C=O) groups is 2. The minimum atomic E-state index is -1.15. The molecular weight excluding hydrogens is 348 g/mol. The lowest BCUT2D eigenvalue weighted by atomic mass is 10.1. The summed E-state index contributed by atoms with van der Waals surface area (Å²) in [5.41, 5.74) is 0.359. The van der Waals surface area contributed by atoms with Gasteiger partial charge in [-0.1, -0.05) is 11.6 Å². The quantitative estimate of drug-likeness (QED) is 0.540. The van der Waals surface area contributed by atoms with Crippen LogP contribution in [0.25, 0.3) is 6.08 Å².